The first kappa shape index (κ1) is 15.0. The molecule has 0 radical (unpaired) electrons. The van der Waals surface area contributed by atoms with E-state index in [1.54, 1.807) is 0 Å². The fraction of sp³-hybridized carbons (Fsp3) is 0.500. The summed E-state index contributed by atoms with van der Waals surface area (Å²) >= 11 is 0. The second-order valence-electron chi connectivity index (χ2n) is 4.84. The molecule has 6 nitrogen and oxygen atoms in total. The molecule has 19 heavy (non-hydrogen) atoms. The molecule has 0 fully saturated rings. The Kier molecular flexibility index (Phi) is 4.91. The molecule has 0 unspecified atom stereocenters. The summed E-state index contributed by atoms with van der Waals surface area (Å²) in [6.07, 6.45) is 1.54. The summed E-state index contributed by atoms with van der Waals surface area (Å²) in [4.78, 5) is 22.2. The quantitative estimate of drug-likeness (QED) is 0.527. The zero-order valence-electron chi connectivity index (χ0n) is 11.0. The number of hydrogen-bond donors (Lipinski definition) is 4. The monoisotopic (exact) mass is 270 g/mol. The van der Waals surface area contributed by atoms with Crippen LogP contribution in [0, 0.1) is 5.92 Å². The fourth-order valence-electron chi connectivity index (χ4n) is 1.71. The van der Waals surface area contributed by atoms with Crippen LogP contribution in [-0.4, -0.2) is 24.4 Å². The number of nitrogens with one attached hydrogen (secondary N) is 2. The topological polar surface area (TPSA) is 110 Å². The number of rotatable bonds is 6. The van der Waals surface area contributed by atoms with Crippen LogP contribution in [0.4, 0.5) is 4.39 Å². The minimum Gasteiger partial charge on any atom is -0.368 e. The molecule has 0 aromatic heterocycles. The van der Waals surface area contributed by atoms with E-state index in [-0.39, 0.29) is 23.9 Å². The Morgan fingerprint density at radius 3 is 2.53 bits per heavy atom. The minimum absolute atomic E-state index is 0.0504. The summed E-state index contributed by atoms with van der Waals surface area (Å²) < 4.78 is 13.7. The summed E-state index contributed by atoms with van der Waals surface area (Å²) in [5, 5.41) is 5.39. The third-order valence-electron chi connectivity index (χ3n) is 2.68. The number of amides is 2. The molecule has 0 aliphatic carbocycles. The van der Waals surface area contributed by atoms with Gasteiger partial charge in [0.2, 0.25) is 11.8 Å². The first-order chi connectivity index (χ1) is 8.81. The Balaban J connectivity index is 2.83. The number of primary amides is 2. The zero-order valence-corrected chi connectivity index (χ0v) is 11.0. The molecular weight excluding hydrogens is 251 g/mol. The molecular formula is C12H19FN4O2. The third-order valence-corrected chi connectivity index (χ3v) is 2.68. The van der Waals surface area contributed by atoms with Gasteiger partial charge in [-0.3, -0.25) is 9.59 Å². The van der Waals surface area contributed by atoms with Crippen LogP contribution in [0.15, 0.2) is 23.3 Å². The van der Waals surface area contributed by atoms with Crippen molar-refractivity contribution in [1.82, 2.24) is 10.6 Å². The van der Waals surface area contributed by atoms with Gasteiger partial charge in [-0.1, -0.05) is 13.8 Å². The number of allylic oxidation sites excluding steroid dienone is 2. The Morgan fingerprint density at radius 2 is 2.11 bits per heavy atom. The lowest BCUT2D eigenvalue weighted by molar-refractivity contribution is -0.120. The number of dihydropyridines is 1. The average molecular weight is 270 g/mol. The minimum atomic E-state index is -0.685. The van der Waals surface area contributed by atoms with Crippen LogP contribution in [0.5, 0.6) is 0 Å². The molecule has 0 saturated carbocycles. The van der Waals surface area contributed by atoms with E-state index in [1.807, 2.05) is 13.8 Å². The number of nitrogens with two attached hydrogens (primary N) is 2. The average Bonchev–Trinajstić information content (AvgIpc) is 2.29. The van der Waals surface area contributed by atoms with Gasteiger partial charge in [-0.25, -0.2) is 4.39 Å². The van der Waals surface area contributed by atoms with Crippen LogP contribution in [-0.2, 0) is 9.59 Å². The maximum atomic E-state index is 13.7. The molecule has 6 N–H and O–H groups in total. The van der Waals surface area contributed by atoms with Gasteiger partial charge in [-0.15, -0.1) is 0 Å². The van der Waals surface area contributed by atoms with E-state index in [0.29, 0.717) is 6.42 Å². The smallest absolute Gasteiger partial charge is 0.246 e. The third kappa shape index (κ3) is 4.27. The van der Waals surface area contributed by atoms with Crippen LogP contribution >= 0.6 is 0 Å². The summed E-state index contributed by atoms with van der Waals surface area (Å²) in [6, 6.07) is -0.670. The molecule has 2 amide bonds. The molecule has 1 atom stereocenters. The van der Waals surface area contributed by atoms with Crippen LogP contribution in [0.25, 0.3) is 0 Å². The van der Waals surface area contributed by atoms with Crippen LogP contribution < -0.4 is 22.1 Å². The van der Waals surface area contributed by atoms with Gasteiger partial charge in [0.15, 0.2) is 5.83 Å². The van der Waals surface area contributed by atoms with E-state index in [1.165, 1.54) is 0 Å². The van der Waals surface area contributed by atoms with Crippen molar-refractivity contribution < 1.29 is 14.0 Å². The van der Waals surface area contributed by atoms with E-state index >= 15 is 0 Å². The van der Waals surface area contributed by atoms with Gasteiger partial charge in [0, 0.05) is 12.1 Å². The van der Waals surface area contributed by atoms with E-state index in [4.69, 9.17) is 11.5 Å². The Hall–Kier alpha value is -2.05. The molecule has 0 aromatic carbocycles. The lowest BCUT2D eigenvalue weighted by Gasteiger charge is -2.24. The van der Waals surface area contributed by atoms with Crippen LogP contribution in [0.1, 0.15) is 20.3 Å². The van der Waals surface area contributed by atoms with E-state index < -0.39 is 23.7 Å². The first-order valence-electron chi connectivity index (χ1n) is 6.01. The molecule has 0 spiro atoms. The van der Waals surface area contributed by atoms with Crippen molar-refractivity contribution in [3.05, 3.63) is 23.3 Å². The molecule has 1 aliphatic rings. The highest BCUT2D eigenvalue weighted by Crippen LogP contribution is 2.14. The van der Waals surface area contributed by atoms with Gasteiger partial charge in [0.1, 0.15) is 11.9 Å². The Labute approximate surface area is 111 Å². The van der Waals surface area contributed by atoms with Crippen LogP contribution in [0.2, 0.25) is 0 Å². The summed E-state index contributed by atoms with van der Waals surface area (Å²) in [7, 11) is 0. The van der Waals surface area contributed by atoms with Gasteiger partial charge in [0.05, 0.1) is 0 Å². The van der Waals surface area contributed by atoms with Crippen molar-refractivity contribution in [3.63, 3.8) is 0 Å². The zero-order chi connectivity index (χ0) is 14.6. The lowest BCUT2D eigenvalue weighted by Crippen LogP contribution is -2.46. The highest BCUT2D eigenvalue weighted by molar-refractivity contribution is 5.93. The fourth-order valence-corrected chi connectivity index (χ4v) is 1.71. The molecule has 1 rings (SSSR count). The summed E-state index contributed by atoms with van der Waals surface area (Å²) in [5.41, 5.74) is 10.5. The Bertz CT molecular complexity index is 443. The predicted molar refractivity (Wildman–Crippen MR) is 69.0 cm³/mol. The highest BCUT2D eigenvalue weighted by Gasteiger charge is 2.22. The van der Waals surface area contributed by atoms with Crippen molar-refractivity contribution in [3.8, 4) is 0 Å². The van der Waals surface area contributed by atoms with E-state index in [2.05, 4.69) is 10.6 Å². The normalized spacial score (nSPS) is 16.7. The van der Waals surface area contributed by atoms with Crippen molar-refractivity contribution in [1.29, 1.82) is 0 Å². The maximum absolute atomic E-state index is 13.7. The molecule has 1 aliphatic heterocycles. The first-order valence-corrected chi connectivity index (χ1v) is 6.01. The van der Waals surface area contributed by atoms with Crippen molar-refractivity contribution in [2.45, 2.75) is 26.3 Å². The molecule has 0 saturated heterocycles. The highest BCUT2D eigenvalue weighted by atomic mass is 19.1. The molecule has 0 aromatic rings. The largest absolute Gasteiger partial charge is 0.368 e. The Morgan fingerprint density at radius 1 is 1.47 bits per heavy atom. The van der Waals surface area contributed by atoms with Gasteiger partial charge in [-0.2, -0.15) is 0 Å². The number of halogens is 1. The van der Waals surface area contributed by atoms with Crippen LogP contribution in [0.3, 0.4) is 0 Å². The second-order valence-corrected chi connectivity index (χ2v) is 4.84. The van der Waals surface area contributed by atoms with Gasteiger partial charge in [0.25, 0.3) is 0 Å². The summed E-state index contributed by atoms with van der Waals surface area (Å²) in [6.45, 7) is 3.97. The van der Waals surface area contributed by atoms with Crippen molar-refractivity contribution >= 4 is 11.8 Å². The molecule has 7 heteroatoms. The summed E-state index contributed by atoms with van der Waals surface area (Å²) in [5.74, 6) is -1.63. The van der Waals surface area contributed by atoms with E-state index in [0.717, 1.165) is 6.08 Å². The predicted octanol–water partition coefficient (Wildman–Crippen LogP) is -0.370. The van der Waals surface area contributed by atoms with Crippen molar-refractivity contribution in [2.75, 3.05) is 6.54 Å². The van der Waals surface area contributed by atoms with Gasteiger partial charge < -0.3 is 22.1 Å². The number of carbonyl (C=O) groups is 2. The van der Waals surface area contributed by atoms with E-state index in [9.17, 15) is 14.0 Å². The number of hydrogen-bond acceptors (Lipinski definition) is 4. The standard InChI is InChI=1S/C12H19FN4O2/c1-6(2)3-9(11(15)19)17-12-8(13)4-7(5-16-12)10(14)18/h4,6,9,16-17H,3,5H2,1-2H3,(H2,14,18)(H2,15,19)/t9-/m1/s1. The van der Waals surface area contributed by atoms with Gasteiger partial charge >= 0.3 is 0 Å². The van der Waals surface area contributed by atoms with Gasteiger partial charge in [-0.05, 0) is 18.4 Å². The van der Waals surface area contributed by atoms with Crippen molar-refractivity contribution in [2.24, 2.45) is 17.4 Å². The maximum Gasteiger partial charge on any atom is 0.246 e. The lowest BCUT2D eigenvalue weighted by atomic mass is 10.0. The molecule has 0 bridgehead atoms. The second kappa shape index (κ2) is 6.21. The molecule has 106 valence electrons. The molecule has 1 heterocycles. The number of carbonyl (C=O) groups excluding carboxylic acids is 2. The SMILES string of the molecule is CC(C)C[C@@H](NC1=C(F)C=C(C(N)=O)CN1)C(N)=O.